The number of benzene rings is 3. The zero-order valence-corrected chi connectivity index (χ0v) is 22.7. The molecule has 1 aliphatic heterocycles. The quantitative estimate of drug-likeness (QED) is 0.312. The topological polar surface area (TPSA) is 90.5 Å². The molecular weight excluding hydrogens is 500 g/mol. The van der Waals surface area contributed by atoms with Crippen LogP contribution in [-0.2, 0) is 16.0 Å². The van der Waals surface area contributed by atoms with Crippen LogP contribution in [0.4, 0.5) is 11.6 Å². The Morgan fingerprint density at radius 3 is 2.02 bits per heavy atom. The number of carbonyl (C=O) groups is 2. The first-order valence-corrected chi connectivity index (χ1v) is 13.6. The summed E-state index contributed by atoms with van der Waals surface area (Å²) >= 11 is 0. The van der Waals surface area contributed by atoms with Crippen LogP contribution < -0.4 is 15.5 Å². The molecule has 0 unspecified atom stereocenters. The smallest absolute Gasteiger partial charge is 0.227 e. The molecule has 0 spiro atoms. The molecule has 8 heteroatoms. The zero-order valence-electron chi connectivity index (χ0n) is 22.7. The number of carbonyl (C=O) groups excluding carboxylic acids is 2. The van der Waals surface area contributed by atoms with Crippen molar-refractivity contribution in [3.63, 3.8) is 0 Å². The molecule has 204 valence electrons. The van der Waals surface area contributed by atoms with Gasteiger partial charge in [0.1, 0.15) is 11.6 Å². The predicted molar refractivity (Wildman–Crippen MR) is 159 cm³/mol. The van der Waals surface area contributed by atoms with E-state index in [1.807, 2.05) is 71.6 Å². The maximum absolute atomic E-state index is 13.1. The third-order valence-corrected chi connectivity index (χ3v) is 6.92. The van der Waals surface area contributed by atoms with E-state index in [0.717, 1.165) is 22.5 Å². The number of nitrogens with one attached hydrogen (secondary N) is 2. The second-order valence-corrected chi connectivity index (χ2v) is 9.82. The highest BCUT2D eigenvalue weighted by atomic mass is 16.2. The fourth-order valence-corrected chi connectivity index (χ4v) is 4.75. The highest BCUT2D eigenvalue weighted by Gasteiger charge is 2.23. The molecule has 0 aliphatic carbocycles. The molecule has 8 nitrogen and oxygen atoms in total. The van der Waals surface area contributed by atoms with E-state index in [1.54, 1.807) is 0 Å². The third kappa shape index (κ3) is 7.02. The van der Waals surface area contributed by atoms with Gasteiger partial charge >= 0.3 is 0 Å². The van der Waals surface area contributed by atoms with Gasteiger partial charge in [0.05, 0.1) is 6.42 Å². The summed E-state index contributed by atoms with van der Waals surface area (Å²) in [5.41, 5.74) is 4.27. The number of nitrogens with zero attached hydrogens (tertiary/aromatic N) is 4. The lowest BCUT2D eigenvalue weighted by Crippen LogP contribution is -2.49. The number of hydrogen-bond donors (Lipinski definition) is 2. The molecule has 1 saturated heterocycles. The van der Waals surface area contributed by atoms with Crippen LogP contribution in [-0.4, -0.2) is 66.0 Å². The molecule has 1 aromatic heterocycles. The van der Waals surface area contributed by atoms with E-state index in [0.29, 0.717) is 57.3 Å². The van der Waals surface area contributed by atoms with Crippen molar-refractivity contribution in [3.8, 4) is 22.5 Å². The van der Waals surface area contributed by atoms with Crippen molar-refractivity contribution in [2.45, 2.75) is 13.3 Å². The maximum Gasteiger partial charge on any atom is 0.227 e. The van der Waals surface area contributed by atoms with Crippen molar-refractivity contribution in [2.75, 3.05) is 49.5 Å². The summed E-state index contributed by atoms with van der Waals surface area (Å²) in [7, 11) is 0. The zero-order chi connectivity index (χ0) is 27.7. The van der Waals surface area contributed by atoms with Crippen molar-refractivity contribution >= 4 is 23.5 Å². The Balaban J connectivity index is 1.21. The van der Waals surface area contributed by atoms with Gasteiger partial charge in [-0.25, -0.2) is 9.97 Å². The fourth-order valence-electron chi connectivity index (χ4n) is 4.75. The Morgan fingerprint density at radius 2 is 1.38 bits per heavy atom. The van der Waals surface area contributed by atoms with Crippen LogP contribution in [0.5, 0.6) is 0 Å². The maximum atomic E-state index is 13.1. The molecular formula is C32H34N6O2. The monoisotopic (exact) mass is 534 g/mol. The number of anilines is 2. The molecule has 1 fully saturated rings. The van der Waals surface area contributed by atoms with Crippen molar-refractivity contribution in [3.05, 3.63) is 96.6 Å². The van der Waals surface area contributed by atoms with Crippen molar-refractivity contribution in [2.24, 2.45) is 0 Å². The second-order valence-electron chi connectivity index (χ2n) is 9.82. The summed E-state index contributed by atoms with van der Waals surface area (Å²) in [6.45, 7) is 5.21. The normalized spacial score (nSPS) is 13.1. The largest absolute Gasteiger partial charge is 0.368 e. The summed E-state index contributed by atoms with van der Waals surface area (Å²) in [6.07, 6.45) is 0.392. The Morgan fingerprint density at radius 1 is 0.750 bits per heavy atom. The molecule has 40 heavy (non-hydrogen) atoms. The van der Waals surface area contributed by atoms with Crippen LogP contribution in [0.1, 0.15) is 12.5 Å². The van der Waals surface area contributed by atoms with Gasteiger partial charge in [-0.05, 0) is 16.7 Å². The Hall–Kier alpha value is -4.72. The minimum atomic E-state index is -0.0632. The molecule has 2 N–H and O–H groups in total. The summed E-state index contributed by atoms with van der Waals surface area (Å²) in [5, 5.41) is 6.09. The lowest BCUT2D eigenvalue weighted by atomic mass is 10.0. The Kier molecular flexibility index (Phi) is 8.66. The predicted octanol–water partition coefficient (Wildman–Crippen LogP) is 4.25. The molecule has 0 bridgehead atoms. The van der Waals surface area contributed by atoms with E-state index in [9.17, 15) is 9.59 Å². The van der Waals surface area contributed by atoms with E-state index >= 15 is 0 Å². The van der Waals surface area contributed by atoms with Gasteiger partial charge in [-0.1, -0.05) is 84.9 Å². The molecule has 0 saturated carbocycles. The first kappa shape index (κ1) is 26.9. The first-order chi connectivity index (χ1) is 19.5. The Bertz CT molecular complexity index is 1420. The van der Waals surface area contributed by atoms with Crippen molar-refractivity contribution in [1.82, 2.24) is 20.2 Å². The van der Waals surface area contributed by atoms with E-state index in [4.69, 9.17) is 9.97 Å². The van der Waals surface area contributed by atoms with Crippen molar-refractivity contribution in [1.29, 1.82) is 0 Å². The minimum Gasteiger partial charge on any atom is -0.368 e. The number of amides is 2. The third-order valence-electron chi connectivity index (χ3n) is 6.92. The van der Waals surface area contributed by atoms with Crippen LogP contribution >= 0.6 is 0 Å². The first-order valence-electron chi connectivity index (χ1n) is 13.6. The fraction of sp³-hybridized carbons (Fsp3) is 0.250. The van der Waals surface area contributed by atoms with E-state index in [-0.39, 0.29) is 11.8 Å². The molecule has 3 aromatic carbocycles. The van der Waals surface area contributed by atoms with Crippen LogP contribution in [0.2, 0.25) is 0 Å². The molecule has 4 aromatic rings. The summed E-state index contributed by atoms with van der Waals surface area (Å²) in [4.78, 5) is 38.0. The second kappa shape index (κ2) is 12.9. The molecule has 0 radical (unpaired) electrons. The number of piperazine rings is 1. The molecule has 0 atom stereocenters. The number of rotatable bonds is 9. The van der Waals surface area contributed by atoms with Crippen LogP contribution in [0.3, 0.4) is 0 Å². The highest BCUT2D eigenvalue weighted by molar-refractivity contribution is 5.79. The van der Waals surface area contributed by atoms with Gasteiger partial charge < -0.3 is 20.4 Å². The summed E-state index contributed by atoms with van der Waals surface area (Å²) < 4.78 is 0. The Labute approximate surface area is 235 Å². The van der Waals surface area contributed by atoms with Gasteiger partial charge in [0.25, 0.3) is 0 Å². The molecule has 2 amide bonds. The number of aromatic nitrogens is 2. The lowest BCUT2D eigenvalue weighted by molar-refractivity contribution is -0.130. The summed E-state index contributed by atoms with van der Waals surface area (Å²) in [5.74, 6) is 2.23. The SMILES string of the molecule is CC(=O)NCCNc1cc(N2CCN(C(=O)Cc3ccc(-c4ccccc4)cc3)CC2)nc(-c2ccccc2)n1. The van der Waals surface area contributed by atoms with Crippen LogP contribution in [0, 0.1) is 0 Å². The van der Waals surface area contributed by atoms with Gasteiger partial charge in [-0.2, -0.15) is 0 Å². The minimum absolute atomic E-state index is 0.0632. The van der Waals surface area contributed by atoms with Gasteiger partial charge in [0.2, 0.25) is 11.8 Å². The van der Waals surface area contributed by atoms with Gasteiger partial charge in [0.15, 0.2) is 5.82 Å². The van der Waals surface area contributed by atoms with Gasteiger partial charge in [0, 0.05) is 57.8 Å². The van der Waals surface area contributed by atoms with Gasteiger partial charge in [-0.3, -0.25) is 9.59 Å². The number of hydrogen-bond acceptors (Lipinski definition) is 6. The van der Waals surface area contributed by atoms with Crippen LogP contribution in [0.15, 0.2) is 91.0 Å². The van der Waals surface area contributed by atoms with Crippen LogP contribution in [0.25, 0.3) is 22.5 Å². The summed E-state index contributed by atoms with van der Waals surface area (Å²) in [6, 6.07) is 30.3. The van der Waals surface area contributed by atoms with Gasteiger partial charge in [-0.15, -0.1) is 0 Å². The molecule has 5 rings (SSSR count). The average Bonchev–Trinajstić information content (AvgIpc) is 3.00. The van der Waals surface area contributed by atoms with Crippen molar-refractivity contribution < 1.29 is 9.59 Å². The molecule has 1 aliphatic rings. The van der Waals surface area contributed by atoms with E-state index in [2.05, 4.69) is 39.8 Å². The molecule has 2 heterocycles. The van der Waals surface area contributed by atoms with E-state index in [1.165, 1.54) is 12.5 Å². The standard InChI is InChI=1S/C32H34N6O2/c1-24(39)33-16-17-34-29-23-30(36-32(35-29)28-10-6-3-7-11-28)37-18-20-38(21-19-37)31(40)22-25-12-14-27(15-13-25)26-8-4-2-5-9-26/h2-15,23H,16-22H2,1H3,(H,33,39)(H,34,35,36). The average molecular weight is 535 g/mol. The highest BCUT2D eigenvalue weighted by Crippen LogP contribution is 2.24. The van der Waals surface area contributed by atoms with E-state index < -0.39 is 0 Å². The lowest BCUT2D eigenvalue weighted by Gasteiger charge is -2.35.